The van der Waals surface area contributed by atoms with Crippen molar-refractivity contribution in [1.29, 1.82) is 0 Å². The molecule has 0 rings (SSSR count). The molecule has 0 aromatic heterocycles. The molecule has 0 aliphatic carbocycles. The van der Waals surface area contributed by atoms with Crippen molar-refractivity contribution in [3.05, 3.63) is 109 Å². The van der Waals surface area contributed by atoms with Crippen molar-refractivity contribution in [3.63, 3.8) is 0 Å². The van der Waals surface area contributed by atoms with E-state index in [4.69, 9.17) is 14.2 Å². The predicted octanol–water partition coefficient (Wildman–Crippen LogP) is 21.0. The van der Waals surface area contributed by atoms with Gasteiger partial charge in [0.1, 0.15) is 13.2 Å². The quantitative estimate of drug-likeness (QED) is 0.0261. The Kier molecular flexibility index (Phi) is 58.3. The smallest absolute Gasteiger partial charge is 0.306 e. The lowest BCUT2D eigenvalue weighted by molar-refractivity contribution is -0.167. The van der Waals surface area contributed by atoms with E-state index in [-0.39, 0.29) is 31.1 Å². The van der Waals surface area contributed by atoms with Crippen molar-refractivity contribution in [3.8, 4) is 0 Å². The molecule has 0 aliphatic heterocycles. The van der Waals surface area contributed by atoms with Crippen LogP contribution in [-0.2, 0) is 28.6 Å². The van der Waals surface area contributed by atoms with E-state index in [1.54, 1.807) is 0 Å². The summed E-state index contributed by atoms with van der Waals surface area (Å²) >= 11 is 0. The zero-order chi connectivity index (χ0) is 53.6. The number of hydrogen-bond acceptors (Lipinski definition) is 6. The minimum absolute atomic E-state index is 0.0908. The number of unbranched alkanes of at least 4 members (excludes halogenated alkanes) is 26. The van der Waals surface area contributed by atoms with Gasteiger partial charge < -0.3 is 14.2 Å². The Bertz CT molecular complexity index is 1510. The zero-order valence-electron chi connectivity index (χ0n) is 48.3. The van der Waals surface area contributed by atoms with Crippen LogP contribution in [0, 0.1) is 0 Å². The summed E-state index contributed by atoms with van der Waals surface area (Å²) in [5.41, 5.74) is 0. The fourth-order valence-electron chi connectivity index (χ4n) is 8.42. The van der Waals surface area contributed by atoms with Crippen LogP contribution in [0.5, 0.6) is 0 Å². The summed E-state index contributed by atoms with van der Waals surface area (Å²) in [6.45, 7) is 6.39. The average Bonchev–Trinajstić information content (AvgIpc) is 3.40. The minimum atomic E-state index is -0.796. The average molecular weight is 1030 g/mol. The van der Waals surface area contributed by atoms with Gasteiger partial charge in [-0.25, -0.2) is 0 Å². The van der Waals surface area contributed by atoms with Crippen molar-refractivity contribution >= 4 is 17.9 Å². The molecule has 0 N–H and O–H groups in total. The van der Waals surface area contributed by atoms with Crippen LogP contribution in [0.25, 0.3) is 0 Å². The topological polar surface area (TPSA) is 78.9 Å². The molecule has 0 saturated carbocycles. The summed E-state index contributed by atoms with van der Waals surface area (Å²) in [7, 11) is 0. The van der Waals surface area contributed by atoms with Gasteiger partial charge in [-0.1, -0.05) is 252 Å². The van der Waals surface area contributed by atoms with Crippen LogP contribution >= 0.6 is 0 Å². The van der Waals surface area contributed by atoms with Gasteiger partial charge in [-0.15, -0.1) is 0 Å². The van der Waals surface area contributed by atoms with Gasteiger partial charge in [0.15, 0.2) is 6.10 Å². The van der Waals surface area contributed by atoms with Crippen LogP contribution in [0.15, 0.2) is 109 Å². The van der Waals surface area contributed by atoms with E-state index in [1.807, 2.05) is 0 Å². The molecule has 0 aliphatic rings. The maximum atomic E-state index is 12.9. The van der Waals surface area contributed by atoms with Crippen LogP contribution in [0.2, 0.25) is 0 Å². The molecular formula is C68H114O6. The summed E-state index contributed by atoms with van der Waals surface area (Å²) in [6.07, 6.45) is 83.7. The Labute approximate surface area is 457 Å². The first-order valence-corrected chi connectivity index (χ1v) is 30.9. The number of carbonyl (C=O) groups is 3. The molecule has 0 fully saturated rings. The summed E-state index contributed by atoms with van der Waals surface area (Å²) < 4.78 is 16.9. The van der Waals surface area contributed by atoms with E-state index in [0.717, 1.165) is 148 Å². The largest absolute Gasteiger partial charge is 0.462 e. The molecule has 0 amide bonds. The summed E-state index contributed by atoms with van der Waals surface area (Å²) in [6, 6.07) is 0. The Morgan fingerprint density at radius 2 is 0.527 bits per heavy atom. The highest BCUT2D eigenvalue weighted by atomic mass is 16.6. The first-order chi connectivity index (χ1) is 36.5. The molecular weight excluding hydrogens is 913 g/mol. The summed E-state index contributed by atoms with van der Waals surface area (Å²) in [4.78, 5) is 38.3. The number of hydrogen-bond donors (Lipinski definition) is 0. The maximum Gasteiger partial charge on any atom is 0.306 e. The summed E-state index contributed by atoms with van der Waals surface area (Å²) in [5, 5.41) is 0. The van der Waals surface area contributed by atoms with Gasteiger partial charge in [0.25, 0.3) is 0 Å². The van der Waals surface area contributed by atoms with Crippen molar-refractivity contribution < 1.29 is 28.6 Å². The fraction of sp³-hybridized carbons (Fsp3) is 0.691. The molecule has 0 heterocycles. The Hall–Kier alpha value is -3.93. The first-order valence-electron chi connectivity index (χ1n) is 30.9. The van der Waals surface area contributed by atoms with Crippen LogP contribution < -0.4 is 0 Å². The molecule has 0 aromatic carbocycles. The minimum Gasteiger partial charge on any atom is -0.462 e. The fourth-order valence-corrected chi connectivity index (χ4v) is 8.42. The van der Waals surface area contributed by atoms with E-state index in [1.165, 1.54) is 96.3 Å². The summed E-state index contributed by atoms with van der Waals surface area (Å²) in [5.74, 6) is -0.919. The van der Waals surface area contributed by atoms with Gasteiger partial charge in [0.2, 0.25) is 0 Å². The van der Waals surface area contributed by atoms with Gasteiger partial charge in [-0.3, -0.25) is 14.4 Å². The molecule has 422 valence electrons. The third-order valence-corrected chi connectivity index (χ3v) is 13.0. The zero-order valence-corrected chi connectivity index (χ0v) is 48.3. The Morgan fingerprint density at radius 1 is 0.284 bits per heavy atom. The van der Waals surface area contributed by atoms with Crippen molar-refractivity contribution in [2.24, 2.45) is 0 Å². The number of carbonyl (C=O) groups excluding carboxylic acids is 3. The van der Waals surface area contributed by atoms with E-state index < -0.39 is 6.10 Å². The molecule has 6 nitrogen and oxygen atoms in total. The molecule has 0 aromatic rings. The van der Waals surface area contributed by atoms with Crippen molar-refractivity contribution in [2.45, 2.75) is 290 Å². The lowest BCUT2D eigenvalue weighted by Gasteiger charge is -2.18. The molecule has 1 unspecified atom stereocenters. The highest BCUT2D eigenvalue weighted by Gasteiger charge is 2.19. The van der Waals surface area contributed by atoms with Gasteiger partial charge in [0.05, 0.1) is 0 Å². The number of rotatable bonds is 55. The Morgan fingerprint density at radius 3 is 0.824 bits per heavy atom. The molecule has 0 radical (unpaired) electrons. The van der Waals surface area contributed by atoms with Crippen molar-refractivity contribution in [1.82, 2.24) is 0 Å². The Balaban J connectivity index is 4.36. The molecule has 6 heteroatoms. The lowest BCUT2D eigenvalue weighted by atomic mass is 10.0. The third-order valence-electron chi connectivity index (χ3n) is 13.0. The van der Waals surface area contributed by atoms with Crippen LogP contribution in [0.1, 0.15) is 284 Å². The molecule has 0 saturated heterocycles. The number of ether oxygens (including phenoxy) is 3. The van der Waals surface area contributed by atoms with Gasteiger partial charge in [-0.2, -0.15) is 0 Å². The molecule has 1 atom stereocenters. The predicted molar refractivity (Wildman–Crippen MR) is 320 cm³/mol. The van der Waals surface area contributed by atoms with Crippen LogP contribution in [-0.4, -0.2) is 37.2 Å². The molecule has 0 spiro atoms. The number of esters is 3. The van der Waals surface area contributed by atoms with E-state index in [0.29, 0.717) is 19.3 Å². The first kappa shape index (κ1) is 70.1. The highest BCUT2D eigenvalue weighted by Crippen LogP contribution is 2.15. The third kappa shape index (κ3) is 59.0. The maximum absolute atomic E-state index is 12.9. The van der Waals surface area contributed by atoms with E-state index >= 15 is 0 Å². The SMILES string of the molecule is CC/C=C\C/C=C\C/C=C\C/C=C\CCCCCCCCCCCCCCC(=O)OCC(COC(=O)CCCCCCC/C=C\C/C=C\C/C=C\CC)OC(=O)CCCCCCC/C=C\C/C=C\CCCCCC. The second-order valence-electron chi connectivity index (χ2n) is 20.2. The molecule has 74 heavy (non-hydrogen) atoms. The second-order valence-corrected chi connectivity index (χ2v) is 20.2. The van der Waals surface area contributed by atoms with Crippen LogP contribution in [0.4, 0.5) is 0 Å². The highest BCUT2D eigenvalue weighted by molar-refractivity contribution is 5.71. The normalized spacial score (nSPS) is 12.9. The monoisotopic (exact) mass is 1030 g/mol. The van der Waals surface area contributed by atoms with E-state index in [9.17, 15) is 14.4 Å². The van der Waals surface area contributed by atoms with Gasteiger partial charge in [0, 0.05) is 19.3 Å². The molecule has 0 bridgehead atoms. The lowest BCUT2D eigenvalue weighted by Crippen LogP contribution is -2.30. The van der Waals surface area contributed by atoms with Gasteiger partial charge >= 0.3 is 17.9 Å². The number of allylic oxidation sites excluding steroid dienone is 18. The van der Waals surface area contributed by atoms with E-state index in [2.05, 4.69) is 130 Å². The van der Waals surface area contributed by atoms with Gasteiger partial charge in [-0.05, 0) is 122 Å². The standard InChI is InChI=1S/C68H114O6/c1-4-7-10-13-16-19-22-25-28-30-31-32-33-34-35-36-37-38-41-43-46-49-52-55-58-61-67(70)73-64-65(63-72-66(69)60-57-54-51-48-45-42-39-27-24-21-18-15-12-9-6-3)74-68(71)62-59-56-53-50-47-44-40-29-26-23-20-17-14-11-8-5-2/h7,9-10,12,16,18-21,23,25,27-29,31-32,39-40,65H,4-6,8,11,13-15,17,22,24,26,30,33-38,41-64H2,1-3H3/b10-7-,12-9-,19-16-,21-18-,23-20-,28-25-,32-31-,39-27-,40-29-. The second kappa shape index (κ2) is 61.6. The van der Waals surface area contributed by atoms with Crippen LogP contribution in [0.3, 0.4) is 0 Å². The van der Waals surface area contributed by atoms with Crippen molar-refractivity contribution in [2.75, 3.05) is 13.2 Å².